The zero-order chi connectivity index (χ0) is 80.0. The molecule has 0 saturated heterocycles. The van der Waals surface area contributed by atoms with Gasteiger partial charge in [0, 0.05) is 36.4 Å². The molecular weight excluding hydrogens is 1450 g/mol. The quantitative estimate of drug-likeness (QED) is 0.0358. The van der Waals surface area contributed by atoms with Gasteiger partial charge in [-0.3, -0.25) is 88.6 Å². The van der Waals surface area contributed by atoms with Gasteiger partial charge in [0.2, 0.25) is 34.3 Å². The van der Waals surface area contributed by atoms with Crippen LogP contribution in [0.5, 0.6) is 0 Å². The molecule has 2 saturated carbocycles. The average Bonchev–Trinajstić information content (AvgIpc) is 1.21. The van der Waals surface area contributed by atoms with Crippen molar-refractivity contribution in [3.05, 3.63) is 282 Å². The number of hydrogen-bond donors (Lipinski definition) is 12. The lowest BCUT2D eigenvalue weighted by atomic mass is 9.84. The number of H-pyrrole nitrogens is 12. The van der Waals surface area contributed by atoms with Gasteiger partial charge in [-0.2, -0.15) is 0 Å². The van der Waals surface area contributed by atoms with Crippen LogP contribution in [0.1, 0.15) is 170 Å². The molecule has 0 amide bonds. The fourth-order valence-corrected chi connectivity index (χ4v) is 13.4. The van der Waals surface area contributed by atoms with E-state index in [1.165, 1.54) is 68.5 Å². The lowest BCUT2D eigenvalue weighted by Gasteiger charge is -2.21. The van der Waals surface area contributed by atoms with E-state index in [2.05, 4.69) is 80.2 Å². The third kappa shape index (κ3) is 22.2. The Hall–Kier alpha value is -13.2. The number of aromatic nitrogens is 12. The standard InChI is InChI=1S/C14H16N2O4.C13H14N2O4.C13H16N2O4.C12H14N2O4.C12H12N2O4.C11H10N2O4/c17-10-7-9(6-8-4-2-1-3-5-8)11-12(18)15-14(19)16-13(11)20-10;16-9-6-8(5-7-3-1-2-4-7)10-11(17)14-13(18)15-12(10)19-9;1-2-3-4-5-6-8-7-9(16)19-12-10(8)11(17)14-13(18)15-12;2*1-2-3-4-5-7-6-8(15)18-11-9(7)10(16)13-12(17)14-11;1-2-3-4-6-5-7(14)17-10-8(6)9(15)12-11(16)13-10/h7-8H,1-6H2,(H2,15,16,18,19);6-7H,1-5H2,(H2,14,15,17,18);7H,2-6H2,1H3,(H2,14,15,17,18);6H,2-5H2,1H3,(H2,13,14,16,17);2-3,6H,4-5H2,1H3,(H2,13,14,16,17);2,5H,1,3-4H2,(H2,12,13,15,16)/b;;;;3-2+;. The molecule has 36 nitrogen and oxygen atoms in total. The van der Waals surface area contributed by atoms with E-state index >= 15 is 0 Å². The Labute approximate surface area is 619 Å². The molecule has 12 aromatic heterocycles. The number of rotatable bonds is 19. The predicted octanol–water partition coefficient (Wildman–Crippen LogP) is 5.36. The molecule has 0 spiro atoms. The van der Waals surface area contributed by atoms with E-state index in [1.54, 1.807) is 6.08 Å². The van der Waals surface area contributed by atoms with Crippen LogP contribution >= 0.6 is 0 Å². The van der Waals surface area contributed by atoms with E-state index < -0.39 is 101 Å². The highest BCUT2D eigenvalue weighted by Crippen LogP contribution is 2.30. The highest BCUT2D eigenvalue weighted by molar-refractivity contribution is 5.79. The fraction of sp³-hybridized carbons (Fsp3) is 0.387. The summed E-state index contributed by atoms with van der Waals surface area (Å²) >= 11 is 0. The van der Waals surface area contributed by atoms with Crippen molar-refractivity contribution in [2.75, 3.05) is 0 Å². The summed E-state index contributed by atoms with van der Waals surface area (Å²) in [6.45, 7) is 9.64. The molecule has 14 rings (SSSR count). The van der Waals surface area contributed by atoms with Gasteiger partial charge in [0.05, 0.1) is 0 Å². The molecule has 0 atom stereocenters. The van der Waals surface area contributed by atoms with Crippen LogP contribution in [0.2, 0.25) is 0 Å². The van der Waals surface area contributed by atoms with Crippen LogP contribution in [0.25, 0.3) is 66.6 Å². The topological polar surface area (TPSA) is 576 Å². The lowest BCUT2D eigenvalue weighted by molar-refractivity contribution is 0.356. The average molecular weight is 1540 g/mol. The molecule has 0 aromatic carbocycles. The summed E-state index contributed by atoms with van der Waals surface area (Å²) in [5, 5.41) is 1.51. The zero-order valence-corrected chi connectivity index (χ0v) is 60.8. The monoisotopic (exact) mass is 1530 g/mol. The number of fused-ring (bicyclic) bond motifs is 6. The van der Waals surface area contributed by atoms with Crippen molar-refractivity contribution in [1.29, 1.82) is 0 Å². The summed E-state index contributed by atoms with van der Waals surface area (Å²) in [6.07, 6.45) is 28.0. The molecule has 12 N–H and O–H groups in total. The first-order chi connectivity index (χ1) is 53.2. The second-order valence-electron chi connectivity index (χ2n) is 26.5. The minimum Gasteiger partial charge on any atom is -0.405 e. The van der Waals surface area contributed by atoms with Crippen molar-refractivity contribution in [2.45, 2.75) is 175 Å². The van der Waals surface area contributed by atoms with Gasteiger partial charge < -0.3 is 26.5 Å². The maximum atomic E-state index is 11.9. The Morgan fingerprint density at radius 1 is 0.315 bits per heavy atom. The van der Waals surface area contributed by atoms with E-state index in [9.17, 15) is 86.3 Å². The van der Waals surface area contributed by atoms with E-state index in [-0.39, 0.29) is 66.6 Å². The number of hydrogen-bond acceptors (Lipinski definition) is 24. The highest BCUT2D eigenvalue weighted by atomic mass is 16.4. The first-order valence-corrected chi connectivity index (χ1v) is 36.2. The van der Waals surface area contributed by atoms with E-state index in [1.807, 2.05) is 19.1 Å². The molecule has 0 unspecified atom stereocenters. The molecule has 2 aliphatic rings. The third-order valence-corrected chi connectivity index (χ3v) is 18.3. The smallest absolute Gasteiger partial charge is 0.337 e. The molecule has 586 valence electrons. The Bertz CT molecular complexity index is 6550. The summed E-state index contributed by atoms with van der Waals surface area (Å²) in [5.74, 6) is 0.983. The van der Waals surface area contributed by atoms with Gasteiger partial charge in [-0.25, -0.2) is 57.5 Å². The Balaban J connectivity index is 0.000000153. The maximum absolute atomic E-state index is 11.9. The SMILES string of the molecule is C/C=C/CCc1cc(=O)oc2[nH]c(=O)[nH]c(=O)c12.C=CCCc1cc(=O)oc2[nH]c(=O)[nH]c(=O)c12.CCCCCCc1cc(=O)oc2[nH]c(=O)[nH]c(=O)c12.CCCCCc1cc(=O)oc2[nH]c(=O)[nH]c(=O)c12.O=c1[nH]c(=O)c2c(CC3CCCC3)cc(=O)oc2[nH]1.O=c1[nH]c(=O)c2c(CC3CCCCC3)cc(=O)oc2[nH]1. The molecule has 12 aromatic rings. The van der Waals surface area contributed by atoms with Gasteiger partial charge in [-0.05, 0) is 116 Å². The van der Waals surface area contributed by atoms with Crippen molar-refractivity contribution in [3.8, 4) is 0 Å². The van der Waals surface area contributed by atoms with Gasteiger partial charge in [0.1, 0.15) is 32.3 Å². The summed E-state index contributed by atoms with van der Waals surface area (Å²) in [6, 6.07) is 7.88. The second kappa shape index (κ2) is 38.6. The molecule has 2 fully saturated rings. The van der Waals surface area contributed by atoms with Crippen molar-refractivity contribution < 1.29 is 26.5 Å². The van der Waals surface area contributed by atoms with Crippen LogP contribution in [-0.4, -0.2) is 59.8 Å². The number of unbranched alkanes of at least 4 members (excludes halogenated alkanes) is 5. The molecule has 0 radical (unpaired) electrons. The molecule has 111 heavy (non-hydrogen) atoms. The number of aromatic amines is 12. The Morgan fingerprint density at radius 2 is 0.559 bits per heavy atom. The van der Waals surface area contributed by atoms with Gasteiger partial charge in [0.15, 0.2) is 0 Å². The summed E-state index contributed by atoms with van der Waals surface area (Å²) in [7, 11) is 0. The van der Waals surface area contributed by atoms with Crippen molar-refractivity contribution in [2.24, 2.45) is 11.8 Å². The van der Waals surface area contributed by atoms with Gasteiger partial charge in [0.25, 0.3) is 33.4 Å². The first-order valence-electron chi connectivity index (χ1n) is 36.2. The number of aryl methyl sites for hydroxylation is 4. The molecular formula is C75H82N12O24. The Morgan fingerprint density at radius 3 is 0.838 bits per heavy atom. The highest BCUT2D eigenvalue weighted by Gasteiger charge is 2.22. The number of allylic oxidation sites excluding steroid dienone is 3. The minimum absolute atomic E-state index is 0.0305. The molecule has 36 heteroatoms. The predicted molar refractivity (Wildman–Crippen MR) is 411 cm³/mol. The van der Waals surface area contributed by atoms with E-state index in [4.69, 9.17) is 26.5 Å². The lowest BCUT2D eigenvalue weighted by Crippen LogP contribution is -2.24. The van der Waals surface area contributed by atoms with Crippen LogP contribution < -0.4 is 101 Å². The normalized spacial score (nSPS) is 12.9. The second-order valence-corrected chi connectivity index (χ2v) is 26.5. The first kappa shape index (κ1) is 81.9. The van der Waals surface area contributed by atoms with Crippen molar-refractivity contribution in [3.63, 3.8) is 0 Å². The Kier molecular flexibility index (Phi) is 28.5. The largest absolute Gasteiger partial charge is 0.405 e. The van der Waals surface area contributed by atoms with Crippen LogP contribution in [0.15, 0.2) is 174 Å². The van der Waals surface area contributed by atoms with Crippen LogP contribution in [0.3, 0.4) is 0 Å². The minimum atomic E-state index is -0.702. The van der Waals surface area contributed by atoms with Crippen molar-refractivity contribution in [1.82, 2.24) is 59.8 Å². The molecule has 0 aliphatic heterocycles. The summed E-state index contributed by atoms with van der Waals surface area (Å²) in [4.78, 5) is 233. The molecule has 0 bridgehead atoms. The van der Waals surface area contributed by atoms with Crippen LogP contribution in [0.4, 0.5) is 0 Å². The van der Waals surface area contributed by atoms with Gasteiger partial charge in [-0.15, -0.1) is 6.58 Å². The third-order valence-electron chi connectivity index (χ3n) is 18.3. The van der Waals surface area contributed by atoms with Crippen LogP contribution in [-0.2, 0) is 38.5 Å². The molecule has 12 heterocycles. The van der Waals surface area contributed by atoms with Crippen molar-refractivity contribution >= 4 is 66.6 Å². The van der Waals surface area contributed by atoms with Gasteiger partial charge >= 0.3 is 67.9 Å². The number of nitrogens with one attached hydrogen (secondary N) is 12. The van der Waals surface area contributed by atoms with Crippen LogP contribution in [0, 0.1) is 11.8 Å². The van der Waals surface area contributed by atoms with Gasteiger partial charge in [-0.1, -0.05) is 122 Å². The molecule has 2 aliphatic carbocycles. The van der Waals surface area contributed by atoms with E-state index in [0.717, 1.165) is 70.6 Å². The van der Waals surface area contributed by atoms with E-state index in [0.29, 0.717) is 96.6 Å². The summed E-state index contributed by atoms with van der Waals surface area (Å²) < 4.78 is 29.1. The fourth-order valence-electron chi connectivity index (χ4n) is 13.4. The summed E-state index contributed by atoms with van der Waals surface area (Å²) in [5.41, 5.74) is -7.29. The zero-order valence-electron chi connectivity index (χ0n) is 60.8. The maximum Gasteiger partial charge on any atom is 0.337 e.